The van der Waals surface area contributed by atoms with Crippen molar-refractivity contribution in [2.45, 2.75) is 0 Å². The van der Waals surface area contributed by atoms with Gasteiger partial charge in [-0.2, -0.15) is 5.10 Å². The van der Waals surface area contributed by atoms with Gasteiger partial charge >= 0.3 is 5.97 Å². The molecule has 0 fully saturated rings. The van der Waals surface area contributed by atoms with Gasteiger partial charge in [0.05, 0.1) is 22.8 Å². The van der Waals surface area contributed by atoms with Crippen LogP contribution in [-0.4, -0.2) is 30.8 Å². The quantitative estimate of drug-likeness (QED) is 0.799. The van der Waals surface area contributed by atoms with Crippen molar-refractivity contribution >= 4 is 28.6 Å². The minimum Gasteiger partial charge on any atom is -0.477 e. The molecule has 3 aromatic heterocycles. The van der Waals surface area contributed by atoms with Crippen LogP contribution in [0.25, 0.3) is 11.0 Å². The first-order valence-electron chi connectivity index (χ1n) is 5.88. The van der Waals surface area contributed by atoms with E-state index < -0.39 is 5.97 Å². The van der Waals surface area contributed by atoms with Crippen molar-refractivity contribution in [3.8, 4) is 11.5 Å². The van der Waals surface area contributed by atoms with E-state index in [1.54, 1.807) is 13.1 Å². The molecule has 0 aromatic carbocycles. The molecular formula is C13H9ClN4O3. The number of nitrogens with zero attached hydrogens (tertiary/aromatic N) is 4. The lowest BCUT2D eigenvalue weighted by molar-refractivity contribution is 0.0694. The van der Waals surface area contributed by atoms with E-state index in [-0.39, 0.29) is 11.3 Å². The van der Waals surface area contributed by atoms with Gasteiger partial charge in [-0.15, -0.1) is 0 Å². The summed E-state index contributed by atoms with van der Waals surface area (Å²) in [7, 11) is 1.71. The molecular weight excluding hydrogens is 296 g/mol. The van der Waals surface area contributed by atoms with Crippen molar-refractivity contribution in [3.63, 3.8) is 0 Å². The van der Waals surface area contributed by atoms with E-state index in [0.29, 0.717) is 21.8 Å². The molecule has 0 bridgehead atoms. The van der Waals surface area contributed by atoms with Gasteiger partial charge in [0.2, 0.25) is 0 Å². The molecule has 0 aliphatic heterocycles. The number of aryl methyl sites for hydroxylation is 1. The first-order valence-corrected chi connectivity index (χ1v) is 6.26. The van der Waals surface area contributed by atoms with E-state index in [2.05, 4.69) is 15.1 Å². The molecule has 7 nitrogen and oxygen atoms in total. The number of pyridine rings is 2. The summed E-state index contributed by atoms with van der Waals surface area (Å²) in [6.45, 7) is 0. The lowest BCUT2D eigenvalue weighted by Gasteiger charge is -2.09. The highest BCUT2D eigenvalue weighted by molar-refractivity contribution is 6.30. The SMILES string of the molecule is Cn1ncc2c(Oc3cncc(Cl)c3)c(C(=O)O)cnc21. The number of aromatic carboxylic acids is 1. The van der Waals surface area contributed by atoms with Crippen molar-refractivity contribution in [1.29, 1.82) is 0 Å². The second kappa shape index (κ2) is 5.02. The molecule has 0 radical (unpaired) electrons. The molecule has 3 aromatic rings. The third kappa shape index (κ3) is 2.38. The molecule has 106 valence electrons. The van der Waals surface area contributed by atoms with E-state index in [9.17, 15) is 9.90 Å². The molecule has 3 rings (SSSR count). The molecule has 21 heavy (non-hydrogen) atoms. The molecule has 0 aliphatic carbocycles. The standard InChI is InChI=1S/C13H9ClN4O3/c1-18-12-9(6-17-18)11(10(5-16-12)13(19)20)21-8-2-7(14)3-15-4-8/h2-6H,1H3,(H,19,20). The van der Waals surface area contributed by atoms with Gasteiger partial charge in [-0.1, -0.05) is 11.6 Å². The third-order valence-corrected chi connectivity index (χ3v) is 3.05. The van der Waals surface area contributed by atoms with Crippen LogP contribution in [0.1, 0.15) is 10.4 Å². The highest BCUT2D eigenvalue weighted by Crippen LogP contribution is 2.32. The molecule has 3 heterocycles. The van der Waals surface area contributed by atoms with Crippen LogP contribution in [0.15, 0.2) is 30.9 Å². The predicted molar refractivity (Wildman–Crippen MR) is 74.8 cm³/mol. The van der Waals surface area contributed by atoms with Crippen molar-refractivity contribution in [2.24, 2.45) is 7.05 Å². The molecule has 8 heteroatoms. The monoisotopic (exact) mass is 304 g/mol. The Labute approximate surface area is 123 Å². The molecule has 0 spiro atoms. The average Bonchev–Trinajstić information content (AvgIpc) is 2.81. The lowest BCUT2D eigenvalue weighted by atomic mass is 10.2. The first kappa shape index (κ1) is 13.3. The Morgan fingerprint density at radius 3 is 2.86 bits per heavy atom. The number of hydrogen-bond donors (Lipinski definition) is 1. The maximum absolute atomic E-state index is 11.3. The van der Waals surface area contributed by atoms with Gasteiger partial charge in [-0.25, -0.2) is 9.78 Å². The normalized spacial score (nSPS) is 10.8. The van der Waals surface area contributed by atoms with Crippen molar-refractivity contribution in [1.82, 2.24) is 19.7 Å². The highest BCUT2D eigenvalue weighted by Gasteiger charge is 2.19. The van der Waals surface area contributed by atoms with Crippen LogP contribution in [0, 0.1) is 0 Å². The van der Waals surface area contributed by atoms with Crippen LogP contribution in [0.3, 0.4) is 0 Å². The fraction of sp³-hybridized carbons (Fsp3) is 0.0769. The Hall–Kier alpha value is -2.67. The first-order chi connectivity index (χ1) is 10.1. The van der Waals surface area contributed by atoms with E-state index in [1.807, 2.05) is 0 Å². The molecule has 0 unspecified atom stereocenters. The summed E-state index contributed by atoms with van der Waals surface area (Å²) in [6, 6.07) is 1.54. The lowest BCUT2D eigenvalue weighted by Crippen LogP contribution is -2.02. The maximum atomic E-state index is 11.3. The predicted octanol–water partition coefficient (Wildman–Crippen LogP) is 2.51. The number of carboxylic acid groups (broad SMARTS) is 1. The molecule has 0 atom stereocenters. The number of halogens is 1. The van der Waals surface area contributed by atoms with Crippen LogP contribution in [0.5, 0.6) is 11.5 Å². The Balaban J connectivity index is 2.18. The summed E-state index contributed by atoms with van der Waals surface area (Å²) in [5.74, 6) is -0.649. The maximum Gasteiger partial charge on any atom is 0.341 e. The van der Waals surface area contributed by atoms with Crippen LogP contribution < -0.4 is 4.74 Å². The number of hydrogen-bond acceptors (Lipinski definition) is 5. The average molecular weight is 305 g/mol. The van der Waals surface area contributed by atoms with E-state index >= 15 is 0 Å². The number of aromatic nitrogens is 4. The minimum absolute atomic E-state index is 0.0597. The summed E-state index contributed by atoms with van der Waals surface area (Å²) < 4.78 is 7.19. The smallest absolute Gasteiger partial charge is 0.341 e. The van der Waals surface area contributed by atoms with Gasteiger partial charge in [-0.3, -0.25) is 9.67 Å². The summed E-state index contributed by atoms with van der Waals surface area (Å²) in [5, 5.41) is 14.2. The largest absolute Gasteiger partial charge is 0.477 e. The number of ether oxygens (including phenoxy) is 1. The number of carboxylic acids is 1. The summed E-state index contributed by atoms with van der Waals surface area (Å²) >= 11 is 5.85. The van der Waals surface area contributed by atoms with E-state index in [4.69, 9.17) is 16.3 Å². The minimum atomic E-state index is -1.14. The Morgan fingerprint density at radius 1 is 1.33 bits per heavy atom. The van der Waals surface area contributed by atoms with Crippen molar-refractivity contribution < 1.29 is 14.6 Å². The summed E-state index contributed by atoms with van der Waals surface area (Å²) in [6.07, 6.45) is 5.64. The zero-order valence-corrected chi connectivity index (χ0v) is 11.6. The fourth-order valence-corrected chi connectivity index (χ4v) is 2.07. The Morgan fingerprint density at radius 2 is 2.14 bits per heavy atom. The number of rotatable bonds is 3. The van der Waals surface area contributed by atoms with Gasteiger partial charge in [0.25, 0.3) is 0 Å². The summed E-state index contributed by atoms with van der Waals surface area (Å²) in [4.78, 5) is 19.3. The molecule has 0 amide bonds. The van der Waals surface area contributed by atoms with Gasteiger partial charge < -0.3 is 9.84 Å². The topological polar surface area (TPSA) is 90.1 Å². The Kier molecular flexibility index (Phi) is 3.19. The van der Waals surface area contributed by atoms with Crippen LogP contribution in [-0.2, 0) is 7.05 Å². The van der Waals surface area contributed by atoms with Gasteiger partial charge in [0.15, 0.2) is 11.4 Å². The van der Waals surface area contributed by atoms with E-state index in [0.717, 1.165) is 0 Å². The molecule has 0 saturated heterocycles. The molecule has 1 N–H and O–H groups in total. The highest BCUT2D eigenvalue weighted by atomic mass is 35.5. The fourth-order valence-electron chi connectivity index (χ4n) is 1.90. The van der Waals surface area contributed by atoms with Crippen molar-refractivity contribution in [3.05, 3.63) is 41.4 Å². The Bertz CT molecular complexity index is 847. The van der Waals surface area contributed by atoms with Crippen LogP contribution in [0.4, 0.5) is 0 Å². The number of carbonyl (C=O) groups is 1. The van der Waals surface area contributed by atoms with Crippen LogP contribution in [0.2, 0.25) is 5.02 Å². The second-order valence-corrected chi connectivity index (χ2v) is 4.69. The molecule has 0 aliphatic rings. The van der Waals surface area contributed by atoms with Gasteiger partial charge in [-0.05, 0) is 0 Å². The summed E-state index contributed by atoms with van der Waals surface area (Å²) in [5.41, 5.74) is 0.459. The van der Waals surface area contributed by atoms with Gasteiger partial charge in [0.1, 0.15) is 11.3 Å². The van der Waals surface area contributed by atoms with E-state index in [1.165, 1.54) is 29.5 Å². The van der Waals surface area contributed by atoms with Crippen LogP contribution >= 0.6 is 11.6 Å². The zero-order chi connectivity index (χ0) is 15.0. The second-order valence-electron chi connectivity index (χ2n) is 4.25. The van der Waals surface area contributed by atoms with Gasteiger partial charge in [0, 0.05) is 25.5 Å². The third-order valence-electron chi connectivity index (χ3n) is 2.84. The molecule has 0 saturated carbocycles. The number of fused-ring (bicyclic) bond motifs is 1. The zero-order valence-electron chi connectivity index (χ0n) is 10.8. The van der Waals surface area contributed by atoms with Crippen molar-refractivity contribution in [2.75, 3.05) is 0 Å².